The summed E-state index contributed by atoms with van der Waals surface area (Å²) in [5.74, 6) is 1.06. The van der Waals surface area contributed by atoms with E-state index in [4.69, 9.17) is 5.11 Å². The van der Waals surface area contributed by atoms with Gasteiger partial charge in [0.05, 0.1) is 13.8 Å². The lowest BCUT2D eigenvalue weighted by atomic mass is 10.2. The van der Waals surface area contributed by atoms with Crippen LogP contribution in [0.1, 0.15) is 13.8 Å². The van der Waals surface area contributed by atoms with Gasteiger partial charge in [-0.25, -0.2) is 0 Å². The molecule has 0 saturated carbocycles. The Morgan fingerprint density at radius 2 is 1.80 bits per heavy atom. The summed E-state index contributed by atoms with van der Waals surface area (Å²) in [7, 11) is 0. The first-order chi connectivity index (χ1) is 2.27. The minimum absolute atomic E-state index is 0.222. The molecular formula is C4H9O+. The fourth-order valence-corrected chi connectivity index (χ4v) is 0. The molecule has 0 unspecified atom stereocenters. The van der Waals surface area contributed by atoms with Gasteiger partial charge < -0.3 is 5.11 Å². The average Bonchev–Trinajstić information content (AvgIpc) is 1.38. The maximum Gasteiger partial charge on any atom is 0.186 e. The van der Waals surface area contributed by atoms with E-state index in [1.165, 1.54) is 0 Å². The summed E-state index contributed by atoms with van der Waals surface area (Å²) in [6.45, 7) is 4.00. The maximum absolute atomic E-state index is 8.11. The van der Waals surface area contributed by atoms with Crippen molar-refractivity contribution in [3.05, 3.63) is 5.92 Å². The maximum atomic E-state index is 8.11. The van der Waals surface area contributed by atoms with Gasteiger partial charge in [0.25, 0.3) is 0 Å². The van der Waals surface area contributed by atoms with Crippen LogP contribution in [0.25, 0.3) is 0 Å². The van der Waals surface area contributed by atoms with Crippen molar-refractivity contribution in [3.63, 3.8) is 0 Å². The molecule has 0 radical (unpaired) electrons. The van der Waals surface area contributed by atoms with Gasteiger partial charge >= 0.3 is 0 Å². The zero-order valence-corrected chi connectivity index (χ0v) is 3.65. The van der Waals surface area contributed by atoms with Gasteiger partial charge in [-0.15, -0.1) is 0 Å². The lowest BCUT2D eigenvalue weighted by molar-refractivity contribution is 0.311. The smallest absolute Gasteiger partial charge is 0.186 e. The molecule has 0 aliphatic rings. The van der Waals surface area contributed by atoms with Crippen LogP contribution in [-0.2, 0) is 0 Å². The largest absolute Gasteiger partial charge is 0.356 e. The minimum atomic E-state index is 0.222. The first-order valence-corrected chi connectivity index (χ1v) is 1.67. The summed E-state index contributed by atoms with van der Waals surface area (Å²) in [6, 6.07) is 0. The van der Waals surface area contributed by atoms with E-state index in [9.17, 15) is 0 Å². The fourth-order valence-electron chi connectivity index (χ4n) is 0. The second kappa shape index (κ2) is 2.09. The molecule has 0 amide bonds. The molecule has 0 rings (SSSR count). The van der Waals surface area contributed by atoms with Crippen LogP contribution in [0.15, 0.2) is 0 Å². The second-order valence-corrected chi connectivity index (χ2v) is 1.37. The van der Waals surface area contributed by atoms with Crippen molar-refractivity contribution in [1.82, 2.24) is 0 Å². The SMILES string of the molecule is C[C+](C)CO. The van der Waals surface area contributed by atoms with E-state index in [0.29, 0.717) is 0 Å². The normalized spacial score (nSPS) is 7.80. The van der Waals surface area contributed by atoms with E-state index in [2.05, 4.69) is 0 Å². The highest BCUT2D eigenvalue weighted by Gasteiger charge is 1.94. The van der Waals surface area contributed by atoms with E-state index >= 15 is 0 Å². The van der Waals surface area contributed by atoms with Crippen molar-refractivity contribution in [3.8, 4) is 0 Å². The van der Waals surface area contributed by atoms with E-state index in [0.717, 1.165) is 5.92 Å². The molecule has 1 heteroatoms. The molecule has 1 N–H and O–H groups in total. The average molecular weight is 73.1 g/mol. The van der Waals surface area contributed by atoms with Crippen LogP contribution >= 0.6 is 0 Å². The standard InChI is InChI=1S/C4H9O/c1-4(2)3-5/h5H,3H2,1-2H3/q+1. The lowest BCUT2D eigenvalue weighted by Gasteiger charge is -1.77. The Morgan fingerprint density at radius 3 is 1.80 bits per heavy atom. The van der Waals surface area contributed by atoms with E-state index in [1.807, 2.05) is 13.8 Å². The van der Waals surface area contributed by atoms with Gasteiger partial charge in [0, 0.05) is 0 Å². The first-order valence-electron chi connectivity index (χ1n) is 1.67. The predicted octanol–water partition coefficient (Wildman–Crippen LogP) is 0.593. The summed E-state index contributed by atoms with van der Waals surface area (Å²) in [6.07, 6.45) is 0. The third kappa shape index (κ3) is 3.83. The molecule has 0 aliphatic heterocycles. The predicted molar refractivity (Wildman–Crippen MR) is 21.7 cm³/mol. The molecule has 0 aromatic rings. The molecule has 1 nitrogen and oxygen atoms in total. The van der Waals surface area contributed by atoms with Crippen molar-refractivity contribution < 1.29 is 5.11 Å². The summed E-state index contributed by atoms with van der Waals surface area (Å²) < 4.78 is 0. The lowest BCUT2D eigenvalue weighted by Crippen LogP contribution is -1.87. The van der Waals surface area contributed by atoms with E-state index in [-0.39, 0.29) is 6.61 Å². The van der Waals surface area contributed by atoms with Crippen LogP contribution in [-0.4, -0.2) is 11.7 Å². The molecule has 0 heterocycles. The number of aliphatic hydroxyl groups is 1. The highest BCUT2D eigenvalue weighted by Crippen LogP contribution is 1.87. The summed E-state index contributed by atoms with van der Waals surface area (Å²) in [4.78, 5) is 0. The zero-order chi connectivity index (χ0) is 4.28. The molecule has 0 atom stereocenters. The van der Waals surface area contributed by atoms with Crippen molar-refractivity contribution in [2.75, 3.05) is 6.61 Å². The highest BCUT2D eigenvalue weighted by atomic mass is 16.3. The van der Waals surface area contributed by atoms with E-state index in [1.54, 1.807) is 0 Å². The minimum Gasteiger partial charge on any atom is -0.356 e. The first kappa shape index (κ1) is 4.83. The molecule has 0 saturated heterocycles. The van der Waals surface area contributed by atoms with Crippen molar-refractivity contribution >= 4 is 0 Å². The van der Waals surface area contributed by atoms with Crippen molar-refractivity contribution in [1.29, 1.82) is 0 Å². The van der Waals surface area contributed by atoms with Crippen LogP contribution in [0.5, 0.6) is 0 Å². The summed E-state index contributed by atoms with van der Waals surface area (Å²) in [5.41, 5.74) is 0. The molecule has 30 valence electrons. The molecule has 0 spiro atoms. The van der Waals surface area contributed by atoms with Crippen LogP contribution in [0.2, 0.25) is 0 Å². The number of rotatable bonds is 1. The van der Waals surface area contributed by atoms with Crippen LogP contribution in [0, 0.1) is 5.92 Å². The fraction of sp³-hybridized carbons (Fsp3) is 0.750. The van der Waals surface area contributed by atoms with Gasteiger partial charge in [0.2, 0.25) is 0 Å². The molecule has 0 aromatic carbocycles. The van der Waals surface area contributed by atoms with Gasteiger partial charge in [-0.05, 0) is 0 Å². The molecular weight excluding hydrogens is 64.0 g/mol. The Hall–Kier alpha value is -0.170. The number of hydrogen-bond donors (Lipinski definition) is 1. The molecule has 0 fully saturated rings. The monoisotopic (exact) mass is 73.1 g/mol. The summed E-state index contributed by atoms with van der Waals surface area (Å²) in [5, 5.41) is 8.11. The third-order valence-electron chi connectivity index (χ3n) is 0.316. The quantitative estimate of drug-likeness (QED) is 0.450. The van der Waals surface area contributed by atoms with E-state index < -0.39 is 0 Å². The summed E-state index contributed by atoms with van der Waals surface area (Å²) >= 11 is 0. The van der Waals surface area contributed by atoms with Gasteiger partial charge in [0.1, 0.15) is 5.92 Å². The zero-order valence-electron chi connectivity index (χ0n) is 3.65. The third-order valence-corrected chi connectivity index (χ3v) is 0.316. The Kier molecular flexibility index (Phi) is 2.02. The van der Waals surface area contributed by atoms with Crippen LogP contribution in [0.4, 0.5) is 0 Å². The highest BCUT2D eigenvalue weighted by molar-refractivity contribution is 4.73. The molecule has 0 aliphatic carbocycles. The Labute approximate surface area is 32.6 Å². The van der Waals surface area contributed by atoms with Crippen molar-refractivity contribution in [2.45, 2.75) is 13.8 Å². The number of aliphatic hydroxyl groups excluding tert-OH is 1. The number of hydrogen-bond acceptors (Lipinski definition) is 1. The molecule has 0 aromatic heterocycles. The van der Waals surface area contributed by atoms with Gasteiger partial charge in [-0.3, -0.25) is 0 Å². The van der Waals surface area contributed by atoms with Crippen LogP contribution < -0.4 is 0 Å². The van der Waals surface area contributed by atoms with Crippen LogP contribution in [0.3, 0.4) is 0 Å². The second-order valence-electron chi connectivity index (χ2n) is 1.37. The molecule has 0 bridgehead atoms. The Bertz CT molecular complexity index is 17.6. The van der Waals surface area contributed by atoms with Gasteiger partial charge in [-0.2, -0.15) is 0 Å². The molecule has 5 heavy (non-hydrogen) atoms. The topological polar surface area (TPSA) is 20.2 Å². The Balaban J connectivity index is 2.54. The van der Waals surface area contributed by atoms with Gasteiger partial charge in [-0.1, -0.05) is 0 Å². The van der Waals surface area contributed by atoms with Gasteiger partial charge in [0.15, 0.2) is 6.61 Å². The van der Waals surface area contributed by atoms with Crippen molar-refractivity contribution in [2.24, 2.45) is 0 Å². The Morgan fingerprint density at radius 1 is 1.60 bits per heavy atom.